The summed E-state index contributed by atoms with van der Waals surface area (Å²) in [6, 6.07) is -1.52. The molecule has 0 aromatic heterocycles. The fraction of sp³-hybridized carbons (Fsp3) is 0.868. The second-order valence-corrected chi connectivity index (χ2v) is 14.9. The van der Waals surface area contributed by atoms with Gasteiger partial charge in [0.2, 0.25) is 0 Å². The van der Waals surface area contributed by atoms with E-state index in [0.717, 1.165) is 57.8 Å². The molecule has 0 aliphatic rings. The van der Waals surface area contributed by atoms with Gasteiger partial charge in [0.1, 0.15) is 12.6 Å². The standard InChI is InChI=1S/C38H72NO10P/c1-3-5-7-9-11-13-15-17-19-21-23-25-27-29-36(40)46-31-34(32-47-50(44,45)48-33-35(39)38(42)43)49-37(41)30-28-26-24-22-20-18-16-14-12-10-8-6-4-2/h14,16,34-35H,3-13,15,17-33,39H2,1-2H3,(H,42,43)(H,44,45)/b16-14-. The lowest BCUT2D eigenvalue weighted by molar-refractivity contribution is -0.161. The Hall–Kier alpha value is -1.78. The summed E-state index contributed by atoms with van der Waals surface area (Å²) in [5.74, 6) is -2.38. The molecule has 294 valence electrons. The first kappa shape index (κ1) is 48.2. The Kier molecular flexibility index (Phi) is 33.1. The summed E-state index contributed by atoms with van der Waals surface area (Å²) >= 11 is 0. The van der Waals surface area contributed by atoms with Crippen molar-refractivity contribution in [2.24, 2.45) is 5.73 Å². The Labute approximate surface area is 303 Å². The molecule has 0 aromatic carbocycles. The van der Waals surface area contributed by atoms with Crippen molar-refractivity contribution < 1.29 is 47.5 Å². The van der Waals surface area contributed by atoms with Gasteiger partial charge in [-0.05, 0) is 38.5 Å². The van der Waals surface area contributed by atoms with Crippen LogP contribution < -0.4 is 5.73 Å². The number of hydrogen-bond acceptors (Lipinski definition) is 9. The molecular weight excluding hydrogens is 661 g/mol. The second-order valence-electron chi connectivity index (χ2n) is 13.4. The molecule has 0 radical (unpaired) electrons. The number of phosphoric ester groups is 1. The number of phosphoric acid groups is 1. The maximum atomic E-state index is 12.6. The average molecular weight is 734 g/mol. The van der Waals surface area contributed by atoms with E-state index in [0.29, 0.717) is 12.8 Å². The van der Waals surface area contributed by atoms with Crippen molar-refractivity contribution in [2.45, 2.75) is 193 Å². The van der Waals surface area contributed by atoms with Crippen LogP contribution in [0.1, 0.15) is 181 Å². The predicted octanol–water partition coefficient (Wildman–Crippen LogP) is 9.73. The van der Waals surface area contributed by atoms with E-state index < -0.39 is 51.1 Å². The fourth-order valence-corrected chi connectivity index (χ4v) is 6.13. The van der Waals surface area contributed by atoms with Crippen LogP contribution in [0.3, 0.4) is 0 Å². The molecule has 0 rings (SSSR count). The number of esters is 2. The molecule has 0 aliphatic heterocycles. The quantitative estimate of drug-likeness (QED) is 0.0240. The molecule has 0 aliphatic carbocycles. The third kappa shape index (κ3) is 33.4. The summed E-state index contributed by atoms with van der Waals surface area (Å²) in [6.45, 7) is 2.77. The molecule has 0 aromatic rings. The van der Waals surface area contributed by atoms with Crippen LogP contribution in [0.25, 0.3) is 0 Å². The Bertz CT molecular complexity index is 916. The first-order valence-electron chi connectivity index (χ1n) is 19.7. The third-order valence-electron chi connectivity index (χ3n) is 8.51. The second kappa shape index (κ2) is 34.3. The number of nitrogens with two attached hydrogens (primary N) is 1. The normalized spacial score (nSPS) is 14.0. The van der Waals surface area contributed by atoms with E-state index in [-0.39, 0.29) is 19.4 Å². The fourth-order valence-electron chi connectivity index (χ4n) is 5.35. The molecule has 3 unspecified atom stereocenters. The zero-order chi connectivity index (χ0) is 37.1. The summed E-state index contributed by atoms with van der Waals surface area (Å²) in [5, 5.41) is 8.86. The first-order valence-corrected chi connectivity index (χ1v) is 21.2. The van der Waals surface area contributed by atoms with Crippen molar-refractivity contribution in [3.05, 3.63) is 12.2 Å². The van der Waals surface area contributed by atoms with Crippen molar-refractivity contribution >= 4 is 25.7 Å². The van der Waals surface area contributed by atoms with Gasteiger partial charge >= 0.3 is 25.7 Å². The topological polar surface area (TPSA) is 172 Å². The number of carboxylic acids is 1. The Balaban J connectivity index is 4.42. The van der Waals surface area contributed by atoms with E-state index in [9.17, 15) is 23.8 Å². The highest BCUT2D eigenvalue weighted by Crippen LogP contribution is 2.43. The highest BCUT2D eigenvalue weighted by molar-refractivity contribution is 7.47. The van der Waals surface area contributed by atoms with Crippen molar-refractivity contribution in [3.63, 3.8) is 0 Å². The largest absolute Gasteiger partial charge is 0.480 e. The minimum absolute atomic E-state index is 0.155. The van der Waals surface area contributed by atoms with Crippen LogP contribution in [-0.4, -0.2) is 59.9 Å². The molecule has 12 heteroatoms. The summed E-state index contributed by atoms with van der Waals surface area (Å²) in [7, 11) is -4.71. The number of allylic oxidation sites excluding steroid dienone is 2. The molecule has 0 saturated heterocycles. The van der Waals surface area contributed by atoms with Crippen LogP contribution in [0.4, 0.5) is 0 Å². The number of carbonyl (C=O) groups is 3. The molecule has 0 fully saturated rings. The van der Waals surface area contributed by atoms with Crippen LogP contribution in [0.15, 0.2) is 12.2 Å². The first-order chi connectivity index (χ1) is 24.1. The maximum Gasteiger partial charge on any atom is 0.472 e. The summed E-state index contributed by atoms with van der Waals surface area (Å²) in [5.41, 5.74) is 5.32. The van der Waals surface area contributed by atoms with Gasteiger partial charge < -0.3 is 25.2 Å². The molecule has 50 heavy (non-hydrogen) atoms. The Morgan fingerprint density at radius 2 is 1.00 bits per heavy atom. The summed E-state index contributed by atoms with van der Waals surface area (Å²) < 4.78 is 32.6. The van der Waals surface area contributed by atoms with E-state index in [1.165, 1.54) is 83.5 Å². The van der Waals surface area contributed by atoms with Crippen molar-refractivity contribution in [1.82, 2.24) is 0 Å². The molecule has 11 nitrogen and oxygen atoms in total. The minimum atomic E-state index is -4.71. The van der Waals surface area contributed by atoms with Crippen molar-refractivity contribution in [3.8, 4) is 0 Å². The van der Waals surface area contributed by atoms with Gasteiger partial charge in [-0.2, -0.15) is 0 Å². The van der Waals surface area contributed by atoms with Gasteiger partial charge in [0.05, 0.1) is 13.2 Å². The lowest BCUT2D eigenvalue weighted by Crippen LogP contribution is -2.34. The van der Waals surface area contributed by atoms with E-state index in [1.54, 1.807) is 0 Å². The Morgan fingerprint density at radius 3 is 1.48 bits per heavy atom. The number of unbranched alkanes of at least 4 members (excludes halogenated alkanes) is 21. The smallest absolute Gasteiger partial charge is 0.472 e. The SMILES string of the molecule is CCCCCC/C=C\CCCCCCCC(=O)OC(COC(=O)CCCCCCCCCCCCCCC)COP(=O)(O)OCC(N)C(=O)O. The van der Waals surface area contributed by atoms with Crippen LogP contribution >= 0.6 is 7.82 Å². The average Bonchev–Trinajstić information content (AvgIpc) is 3.09. The van der Waals surface area contributed by atoms with Crippen LogP contribution in [0, 0.1) is 0 Å². The van der Waals surface area contributed by atoms with Gasteiger partial charge in [-0.15, -0.1) is 0 Å². The molecule has 0 saturated carbocycles. The molecule has 0 bridgehead atoms. The highest BCUT2D eigenvalue weighted by atomic mass is 31.2. The van der Waals surface area contributed by atoms with E-state index in [4.69, 9.17) is 24.8 Å². The van der Waals surface area contributed by atoms with Gasteiger partial charge in [0.25, 0.3) is 0 Å². The lowest BCUT2D eigenvalue weighted by atomic mass is 10.0. The zero-order valence-corrected chi connectivity index (χ0v) is 32.4. The van der Waals surface area contributed by atoms with Crippen molar-refractivity contribution in [1.29, 1.82) is 0 Å². The maximum absolute atomic E-state index is 12.6. The number of aliphatic carboxylic acids is 1. The van der Waals surface area contributed by atoms with Crippen LogP contribution in [0.2, 0.25) is 0 Å². The molecular formula is C38H72NO10P. The number of rotatable bonds is 37. The van der Waals surface area contributed by atoms with Gasteiger partial charge in [-0.1, -0.05) is 142 Å². The highest BCUT2D eigenvalue weighted by Gasteiger charge is 2.28. The van der Waals surface area contributed by atoms with Gasteiger partial charge in [0, 0.05) is 12.8 Å². The van der Waals surface area contributed by atoms with Crippen molar-refractivity contribution in [2.75, 3.05) is 19.8 Å². The molecule has 3 atom stereocenters. The number of carbonyl (C=O) groups excluding carboxylic acids is 2. The minimum Gasteiger partial charge on any atom is -0.480 e. The number of hydrogen-bond donors (Lipinski definition) is 3. The van der Waals surface area contributed by atoms with Crippen LogP contribution in [0.5, 0.6) is 0 Å². The van der Waals surface area contributed by atoms with Gasteiger partial charge in [-0.25, -0.2) is 4.57 Å². The lowest BCUT2D eigenvalue weighted by Gasteiger charge is -2.20. The summed E-state index contributed by atoms with van der Waals surface area (Å²) in [6.07, 6.45) is 31.3. The molecule has 4 N–H and O–H groups in total. The van der Waals surface area contributed by atoms with E-state index >= 15 is 0 Å². The third-order valence-corrected chi connectivity index (χ3v) is 9.46. The monoisotopic (exact) mass is 733 g/mol. The zero-order valence-electron chi connectivity index (χ0n) is 31.5. The van der Waals surface area contributed by atoms with Crippen LogP contribution in [-0.2, 0) is 37.5 Å². The van der Waals surface area contributed by atoms with Gasteiger partial charge in [-0.3, -0.25) is 23.4 Å². The summed E-state index contributed by atoms with van der Waals surface area (Å²) in [4.78, 5) is 45.7. The number of ether oxygens (including phenoxy) is 2. The molecule has 0 amide bonds. The predicted molar refractivity (Wildman–Crippen MR) is 199 cm³/mol. The van der Waals surface area contributed by atoms with E-state index in [2.05, 4.69) is 30.5 Å². The van der Waals surface area contributed by atoms with E-state index in [1.807, 2.05) is 0 Å². The number of carboxylic acid groups (broad SMARTS) is 1. The molecule has 0 heterocycles. The Morgan fingerprint density at radius 1 is 0.600 bits per heavy atom. The van der Waals surface area contributed by atoms with Gasteiger partial charge in [0.15, 0.2) is 6.10 Å². The molecule has 0 spiro atoms.